The molecule has 0 aromatic rings. The predicted octanol–water partition coefficient (Wildman–Crippen LogP) is 1.55. The summed E-state index contributed by atoms with van der Waals surface area (Å²) < 4.78 is 0. The molecule has 0 aromatic heterocycles. The maximum atomic E-state index is 12.2. The van der Waals surface area contributed by atoms with Crippen molar-refractivity contribution in [2.45, 2.75) is 58.0 Å². The molecule has 1 aliphatic heterocycles. The second kappa shape index (κ2) is 4.80. The number of hydrogen-bond acceptors (Lipinski definition) is 2. The van der Waals surface area contributed by atoms with E-state index in [1.165, 1.54) is 25.7 Å². The smallest absolute Gasteiger partial charge is 0.243 e. The lowest BCUT2D eigenvalue weighted by Gasteiger charge is -2.43. The minimum absolute atomic E-state index is 0.0251. The molecule has 2 bridgehead atoms. The third-order valence-electron chi connectivity index (χ3n) is 5.58. The van der Waals surface area contributed by atoms with Gasteiger partial charge in [0.1, 0.15) is 6.04 Å². The summed E-state index contributed by atoms with van der Waals surface area (Å²) in [5, 5.41) is 2.71. The quantitative estimate of drug-likeness (QED) is 0.840. The summed E-state index contributed by atoms with van der Waals surface area (Å²) in [5.41, 5.74) is 0. The van der Waals surface area contributed by atoms with Gasteiger partial charge in [-0.2, -0.15) is 0 Å². The average Bonchev–Trinajstić information content (AvgIpc) is 3.02. The van der Waals surface area contributed by atoms with Crippen LogP contribution in [0, 0.1) is 17.8 Å². The fourth-order valence-corrected chi connectivity index (χ4v) is 4.66. The molecule has 2 saturated carbocycles. The number of piperazine rings is 1. The number of carbonyl (C=O) groups excluding carboxylic acids is 2. The van der Waals surface area contributed by atoms with Crippen LogP contribution in [-0.4, -0.2) is 35.3 Å². The van der Waals surface area contributed by atoms with Crippen molar-refractivity contribution in [1.82, 2.24) is 10.2 Å². The standard InChI is InChI=1S/C15H24N2O2/c1-3-13-15(19)16-8-14(18)17(13)9(2)12-7-10-4-5-11(12)6-10/h9-13H,3-8H2,1-2H3,(H,16,19). The maximum Gasteiger partial charge on any atom is 0.243 e. The van der Waals surface area contributed by atoms with E-state index in [1.807, 2.05) is 11.8 Å². The summed E-state index contributed by atoms with van der Waals surface area (Å²) in [4.78, 5) is 26.1. The molecule has 1 saturated heterocycles. The molecule has 5 atom stereocenters. The molecular weight excluding hydrogens is 240 g/mol. The molecular formula is C15H24N2O2. The molecule has 0 radical (unpaired) electrons. The van der Waals surface area contributed by atoms with Gasteiger partial charge in [0.15, 0.2) is 0 Å². The zero-order valence-corrected chi connectivity index (χ0v) is 11.9. The summed E-state index contributed by atoms with van der Waals surface area (Å²) in [6.45, 7) is 4.33. The molecule has 2 aliphatic carbocycles. The van der Waals surface area contributed by atoms with Crippen LogP contribution in [0.4, 0.5) is 0 Å². The number of hydrogen-bond donors (Lipinski definition) is 1. The Bertz CT molecular complexity index is 396. The van der Waals surface area contributed by atoms with Gasteiger partial charge in [0.25, 0.3) is 0 Å². The van der Waals surface area contributed by atoms with Gasteiger partial charge in [0.05, 0.1) is 6.54 Å². The Morgan fingerprint density at radius 3 is 2.68 bits per heavy atom. The van der Waals surface area contributed by atoms with Crippen molar-refractivity contribution in [3.05, 3.63) is 0 Å². The number of nitrogens with one attached hydrogen (secondary N) is 1. The first kappa shape index (κ1) is 12.9. The van der Waals surface area contributed by atoms with Gasteiger partial charge >= 0.3 is 0 Å². The topological polar surface area (TPSA) is 49.4 Å². The van der Waals surface area contributed by atoms with Crippen molar-refractivity contribution < 1.29 is 9.59 Å². The van der Waals surface area contributed by atoms with Crippen LogP contribution in [0.1, 0.15) is 46.0 Å². The van der Waals surface area contributed by atoms with E-state index in [9.17, 15) is 9.59 Å². The molecule has 1 N–H and O–H groups in total. The molecule has 3 rings (SSSR count). The Hall–Kier alpha value is -1.06. The molecule has 1 heterocycles. The van der Waals surface area contributed by atoms with Crippen LogP contribution in [0.3, 0.4) is 0 Å². The maximum absolute atomic E-state index is 12.2. The summed E-state index contributed by atoms with van der Waals surface area (Å²) in [6, 6.07) is -0.0332. The molecule has 3 fully saturated rings. The van der Waals surface area contributed by atoms with Crippen LogP contribution in [0.25, 0.3) is 0 Å². The van der Waals surface area contributed by atoms with E-state index in [0.717, 1.165) is 11.8 Å². The van der Waals surface area contributed by atoms with E-state index in [-0.39, 0.29) is 30.4 Å². The van der Waals surface area contributed by atoms with Crippen LogP contribution in [0.2, 0.25) is 0 Å². The Kier molecular flexibility index (Phi) is 3.27. The predicted molar refractivity (Wildman–Crippen MR) is 72.3 cm³/mol. The van der Waals surface area contributed by atoms with Gasteiger partial charge in [0, 0.05) is 6.04 Å². The molecule has 2 amide bonds. The largest absolute Gasteiger partial charge is 0.345 e. The zero-order valence-electron chi connectivity index (χ0n) is 11.9. The van der Waals surface area contributed by atoms with E-state index in [0.29, 0.717) is 12.3 Å². The Morgan fingerprint density at radius 2 is 2.11 bits per heavy atom. The lowest BCUT2D eigenvalue weighted by molar-refractivity contribution is -0.149. The van der Waals surface area contributed by atoms with Gasteiger partial charge in [-0.15, -0.1) is 0 Å². The van der Waals surface area contributed by atoms with Crippen molar-refractivity contribution in [2.24, 2.45) is 17.8 Å². The summed E-state index contributed by atoms with van der Waals surface area (Å²) in [7, 11) is 0. The van der Waals surface area contributed by atoms with Crippen LogP contribution < -0.4 is 5.32 Å². The summed E-state index contributed by atoms with van der Waals surface area (Å²) >= 11 is 0. The van der Waals surface area contributed by atoms with Crippen LogP contribution >= 0.6 is 0 Å². The Balaban J connectivity index is 1.78. The highest BCUT2D eigenvalue weighted by Crippen LogP contribution is 2.50. The van der Waals surface area contributed by atoms with Crippen LogP contribution in [0.15, 0.2) is 0 Å². The van der Waals surface area contributed by atoms with E-state index >= 15 is 0 Å². The van der Waals surface area contributed by atoms with Crippen LogP contribution in [-0.2, 0) is 9.59 Å². The third-order valence-corrected chi connectivity index (χ3v) is 5.58. The van der Waals surface area contributed by atoms with Crippen molar-refractivity contribution >= 4 is 11.8 Å². The van der Waals surface area contributed by atoms with E-state index in [4.69, 9.17) is 0 Å². The number of carbonyl (C=O) groups is 2. The van der Waals surface area contributed by atoms with Gasteiger partial charge in [-0.1, -0.05) is 13.3 Å². The Morgan fingerprint density at radius 1 is 1.32 bits per heavy atom. The van der Waals surface area contributed by atoms with Gasteiger partial charge < -0.3 is 10.2 Å². The van der Waals surface area contributed by atoms with Crippen molar-refractivity contribution in [3.8, 4) is 0 Å². The first-order valence-corrected chi connectivity index (χ1v) is 7.70. The zero-order chi connectivity index (χ0) is 13.6. The summed E-state index contributed by atoms with van der Waals surface area (Å²) in [5.74, 6) is 2.41. The molecule has 19 heavy (non-hydrogen) atoms. The first-order chi connectivity index (χ1) is 9.11. The van der Waals surface area contributed by atoms with Crippen LogP contribution in [0.5, 0.6) is 0 Å². The lowest BCUT2D eigenvalue weighted by Crippen LogP contribution is -2.62. The molecule has 3 aliphatic rings. The van der Waals surface area contributed by atoms with Gasteiger partial charge in [-0.3, -0.25) is 9.59 Å². The lowest BCUT2D eigenvalue weighted by atomic mass is 9.82. The van der Waals surface area contributed by atoms with Gasteiger partial charge in [-0.25, -0.2) is 0 Å². The normalized spacial score (nSPS) is 39.6. The number of fused-ring (bicyclic) bond motifs is 2. The highest BCUT2D eigenvalue weighted by Gasteiger charge is 2.46. The summed E-state index contributed by atoms with van der Waals surface area (Å²) in [6.07, 6.45) is 6.01. The highest BCUT2D eigenvalue weighted by molar-refractivity contribution is 5.94. The minimum Gasteiger partial charge on any atom is -0.345 e. The Labute approximate surface area is 114 Å². The fourth-order valence-electron chi connectivity index (χ4n) is 4.66. The molecule has 0 spiro atoms. The molecule has 0 aromatic carbocycles. The minimum atomic E-state index is -0.254. The number of amides is 2. The van der Waals surface area contributed by atoms with Gasteiger partial charge in [-0.05, 0) is 50.4 Å². The molecule has 5 unspecified atom stereocenters. The van der Waals surface area contributed by atoms with E-state index in [1.54, 1.807) is 0 Å². The van der Waals surface area contributed by atoms with E-state index < -0.39 is 0 Å². The van der Waals surface area contributed by atoms with E-state index in [2.05, 4.69) is 12.2 Å². The van der Waals surface area contributed by atoms with Gasteiger partial charge in [0.2, 0.25) is 11.8 Å². The monoisotopic (exact) mass is 264 g/mol. The van der Waals surface area contributed by atoms with Crippen molar-refractivity contribution in [2.75, 3.05) is 6.54 Å². The van der Waals surface area contributed by atoms with Crippen molar-refractivity contribution in [3.63, 3.8) is 0 Å². The first-order valence-electron chi connectivity index (χ1n) is 7.70. The molecule has 4 heteroatoms. The van der Waals surface area contributed by atoms with Crippen molar-refractivity contribution in [1.29, 1.82) is 0 Å². The second-order valence-electron chi connectivity index (χ2n) is 6.52. The average molecular weight is 264 g/mol. The molecule has 4 nitrogen and oxygen atoms in total. The highest BCUT2D eigenvalue weighted by atomic mass is 16.2. The SMILES string of the molecule is CCC1C(=O)NCC(=O)N1C(C)C1CC2CCC1C2. The molecule has 106 valence electrons. The second-order valence-corrected chi connectivity index (χ2v) is 6.52. The number of nitrogens with zero attached hydrogens (tertiary/aromatic N) is 1. The number of rotatable bonds is 3. The third kappa shape index (κ3) is 2.05. The fraction of sp³-hybridized carbons (Fsp3) is 0.867.